The highest BCUT2D eigenvalue weighted by molar-refractivity contribution is 6.36. The van der Waals surface area contributed by atoms with Crippen molar-refractivity contribution >= 4 is 46.2 Å². The summed E-state index contributed by atoms with van der Waals surface area (Å²) in [4.78, 5) is 13.2. The number of nitrogen functional groups attached to an aromatic ring is 1. The first-order valence-electron chi connectivity index (χ1n) is 9.85. The van der Waals surface area contributed by atoms with Gasteiger partial charge < -0.3 is 16.4 Å². The maximum atomic E-state index is 13.2. The molecular weight excluding hydrogens is 414 g/mol. The molecular formula is C22H20ClN7O. The van der Waals surface area contributed by atoms with Gasteiger partial charge in [0.15, 0.2) is 5.82 Å². The lowest BCUT2D eigenvalue weighted by Gasteiger charge is -2.20. The number of hydrogen-bond acceptors (Lipinski definition) is 5. The topological polar surface area (TPSA) is 114 Å². The van der Waals surface area contributed by atoms with Crippen LogP contribution in [0.3, 0.4) is 0 Å². The highest BCUT2D eigenvalue weighted by Gasteiger charge is 2.26. The van der Waals surface area contributed by atoms with Crippen molar-refractivity contribution in [2.24, 2.45) is 0 Å². The van der Waals surface area contributed by atoms with E-state index in [2.05, 4.69) is 25.9 Å². The predicted octanol–water partition coefficient (Wildman–Crippen LogP) is 4.05. The van der Waals surface area contributed by atoms with Crippen molar-refractivity contribution in [1.82, 2.24) is 25.3 Å². The highest BCUT2D eigenvalue weighted by Crippen LogP contribution is 2.38. The number of benzene rings is 2. The molecule has 1 unspecified atom stereocenters. The smallest absolute Gasteiger partial charge is 0.259 e. The third-order valence-corrected chi connectivity index (χ3v) is 5.71. The number of nitrogens with zero attached hydrogens (tertiary/aromatic N) is 3. The van der Waals surface area contributed by atoms with E-state index in [4.69, 9.17) is 17.3 Å². The molecule has 0 aliphatic carbocycles. The number of carbonyl (C=O) groups is 1. The van der Waals surface area contributed by atoms with E-state index in [1.165, 1.54) is 0 Å². The number of hydrogen-bond donors (Lipinski definition) is 4. The highest BCUT2D eigenvalue weighted by atomic mass is 35.5. The van der Waals surface area contributed by atoms with E-state index in [1.54, 1.807) is 17.1 Å². The van der Waals surface area contributed by atoms with Crippen molar-refractivity contribution < 1.29 is 4.79 Å². The van der Waals surface area contributed by atoms with Gasteiger partial charge in [-0.05, 0) is 30.2 Å². The summed E-state index contributed by atoms with van der Waals surface area (Å²) in [6.45, 7) is 2.52. The number of aromatic nitrogens is 4. The molecule has 0 spiro atoms. The number of H-pyrrole nitrogens is 1. The van der Waals surface area contributed by atoms with Crippen molar-refractivity contribution in [3.05, 3.63) is 64.8 Å². The molecule has 2 aromatic heterocycles. The Hall–Kier alpha value is -3.78. The number of fused-ring (bicyclic) bond motifs is 2. The number of halogens is 1. The van der Waals surface area contributed by atoms with Gasteiger partial charge in [-0.2, -0.15) is 5.10 Å². The van der Waals surface area contributed by atoms with Gasteiger partial charge in [0.1, 0.15) is 11.4 Å². The lowest BCUT2D eigenvalue weighted by molar-refractivity contribution is 0.0941. The second-order valence-electron chi connectivity index (χ2n) is 7.36. The van der Waals surface area contributed by atoms with E-state index in [0.717, 1.165) is 27.6 Å². The van der Waals surface area contributed by atoms with Crippen LogP contribution in [-0.2, 0) is 0 Å². The van der Waals surface area contributed by atoms with E-state index in [0.29, 0.717) is 22.9 Å². The first-order valence-corrected chi connectivity index (χ1v) is 10.2. The van der Waals surface area contributed by atoms with Crippen LogP contribution < -0.4 is 16.4 Å². The minimum atomic E-state index is -0.359. The quantitative estimate of drug-likeness (QED) is 0.387. The van der Waals surface area contributed by atoms with Gasteiger partial charge in [0.25, 0.3) is 5.91 Å². The van der Waals surface area contributed by atoms with E-state index < -0.39 is 0 Å². The summed E-state index contributed by atoms with van der Waals surface area (Å²) in [6.07, 6.45) is 5.38. The first kappa shape index (κ1) is 19.2. The monoisotopic (exact) mass is 433 g/mol. The fraction of sp³-hybridized carbons (Fsp3) is 0.136. The van der Waals surface area contributed by atoms with Crippen LogP contribution in [0.2, 0.25) is 5.02 Å². The van der Waals surface area contributed by atoms with Crippen LogP contribution in [0.4, 0.5) is 11.6 Å². The number of amides is 1. The average Bonchev–Trinajstić information content (AvgIpc) is 3.38. The summed E-state index contributed by atoms with van der Waals surface area (Å²) < 4.78 is 1.57. The van der Waals surface area contributed by atoms with Gasteiger partial charge in [0.2, 0.25) is 0 Å². The fourth-order valence-corrected chi connectivity index (χ4v) is 4.21. The maximum absolute atomic E-state index is 13.2. The lowest BCUT2D eigenvalue weighted by Crippen LogP contribution is -2.28. The molecule has 1 atom stereocenters. The second-order valence-corrected chi connectivity index (χ2v) is 7.77. The number of anilines is 2. The molecule has 1 aliphatic heterocycles. The molecule has 1 aliphatic rings. The number of nitrogens with one attached hydrogen (secondary N) is 3. The minimum absolute atomic E-state index is 0.170. The van der Waals surface area contributed by atoms with Gasteiger partial charge in [-0.3, -0.25) is 9.89 Å². The molecule has 4 aromatic rings. The summed E-state index contributed by atoms with van der Waals surface area (Å²) in [5, 5.41) is 19.0. The Morgan fingerprint density at radius 2 is 2.13 bits per heavy atom. The molecule has 0 radical (unpaired) electrons. The molecule has 0 fully saturated rings. The van der Waals surface area contributed by atoms with Crippen LogP contribution in [0.1, 0.15) is 28.9 Å². The van der Waals surface area contributed by atoms with Crippen LogP contribution in [0, 0.1) is 0 Å². The van der Waals surface area contributed by atoms with Gasteiger partial charge in [-0.25, -0.2) is 4.68 Å². The molecule has 5 rings (SSSR count). The van der Waals surface area contributed by atoms with Crippen molar-refractivity contribution in [3.63, 3.8) is 0 Å². The van der Waals surface area contributed by atoms with Crippen molar-refractivity contribution in [3.8, 4) is 11.1 Å². The van der Waals surface area contributed by atoms with Gasteiger partial charge >= 0.3 is 0 Å². The third kappa shape index (κ3) is 3.21. The first-order chi connectivity index (χ1) is 15.0. The van der Waals surface area contributed by atoms with E-state index >= 15 is 0 Å². The summed E-state index contributed by atoms with van der Waals surface area (Å²) in [5.74, 6) is 0.438. The van der Waals surface area contributed by atoms with Gasteiger partial charge in [-0.1, -0.05) is 41.9 Å². The molecule has 5 N–H and O–H groups in total. The second kappa shape index (κ2) is 7.48. The Morgan fingerprint density at radius 3 is 2.94 bits per heavy atom. The Labute approximate surface area is 183 Å². The Balaban J connectivity index is 1.57. The average molecular weight is 434 g/mol. The normalized spacial score (nSPS) is 13.6. The Morgan fingerprint density at radius 1 is 1.32 bits per heavy atom. The Kier molecular flexibility index (Phi) is 4.63. The molecule has 0 saturated heterocycles. The van der Waals surface area contributed by atoms with Crippen LogP contribution in [0.5, 0.6) is 0 Å². The molecule has 0 saturated carbocycles. The number of aromatic amines is 1. The molecule has 3 heterocycles. The molecule has 1 amide bonds. The molecule has 156 valence electrons. The summed E-state index contributed by atoms with van der Waals surface area (Å²) in [7, 11) is 0. The van der Waals surface area contributed by atoms with E-state index in [-0.39, 0.29) is 17.8 Å². The molecule has 8 nitrogen and oxygen atoms in total. The van der Waals surface area contributed by atoms with Crippen molar-refractivity contribution in [2.45, 2.75) is 13.0 Å². The molecule has 31 heavy (non-hydrogen) atoms. The zero-order valence-corrected chi connectivity index (χ0v) is 17.4. The molecule has 9 heteroatoms. The van der Waals surface area contributed by atoms with Gasteiger partial charge in [-0.15, -0.1) is 5.10 Å². The van der Waals surface area contributed by atoms with Crippen LogP contribution in [0.15, 0.2) is 48.7 Å². The number of carbonyl (C=O) groups excluding carboxylic acids is 1. The SMILES string of the molecule is CC(NC(=O)c1c(N)nn2c1NCC=C2)c1cc(Cl)c2cn[nH]c2c1-c1ccccc1. The van der Waals surface area contributed by atoms with Crippen LogP contribution >= 0.6 is 11.6 Å². The zero-order chi connectivity index (χ0) is 21.5. The maximum Gasteiger partial charge on any atom is 0.259 e. The summed E-state index contributed by atoms with van der Waals surface area (Å²) in [6, 6.07) is 11.5. The number of nitrogens with two attached hydrogens (primary N) is 1. The van der Waals surface area contributed by atoms with Crippen LogP contribution in [-0.4, -0.2) is 32.4 Å². The summed E-state index contributed by atoms with van der Waals surface area (Å²) in [5.41, 5.74) is 10.00. The standard InChI is InChI=1S/C22H20ClN7O/c1-12(27-22(31)18-20(24)29-30-9-5-8-25-21(18)30)14-10-16(23)15-11-26-28-19(15)17(14)13-6-3-2-4-7-13/h2-7,9-12,25H,8H2,1H3,(H2,24,29)(H,26,28)(H,27,31). The minimum Gasteiger partial charge on any atom is -0.381 e. The summed E-state index contributed by atoms with van der Waals surface area (Å²) >= 11 is 6.54. The predicted molar refractivity (Wildman–Crippen MR) is 123 cm³/mol. The molecule has 0 bridgehead atoms. The van der Waals surface area contributed by atoms with Crippen molar-refractivity contribution in [2.75, 3.05) is 17.6 Å². The van der Waals surface area contributed by atoms with E-state index in [1.807, 2.05) is 49.4 Å². The number of rotatable bonds is 4. The van der Waals surface area contributed by atoms with Gasteiger partial charge in [0.05, 0.1) is 22.8 Å². The zero-order valence-electron chi connectivity index (χ0n) is 16.7. The fourth-order valence-electron chi connectivity index (χ4n) is 3.95. The van der Waals surface area contributed by atoms with E-state index in [9.17, 15) is 4.79 Å². The largest absolute Gasteiger partial charge is 0.381 e. The third-order valence-electron chi connectivity index (χ3n) is 5.39. The molecule has 2 aromatic carbocycles. The van der Waals surface area contributed by atoms with Crippen molar-refractivity contribution in [1.29, 1.82) is 0 Å². The van der Waals surface area contributed by atoms with Crippen LogP contribution in [0.25, 0.3) is 28.2 Å². The lowest BCUT2D eigenvalue weighted by atomic mass is 9.93. The Bertz CT molecular complexity index is 1320. The van der Waals surface area contributed by atoms with Gasteiger partial charge in [0, 0.05) is 23.7 Å².